The molecule has 0 amide bonds. The first-order valence-corrected chi connectivity index (χ1v) is 8.44. The Morgan fingerprint density at radius 1 is 1.05 bits per heavy atom. The van der Waals surface area contributed by atoms with Crippen molar-refractivity contribution < 1.29 is 5.11 Å². The number of rotatable bonds is 3. The van der Waals surface area contributed by atoms with Crippen molar-refractivity contribution in [1.82, 2.24) is 4.90 Å². The van der Waals surface area contributed by atoms with Crippen LogP contribution in [0, 0.1) is 0 Å². The molecule has 1 atom stereocenters. The lowest BCUT2D eigenvalue weighted by Crippen LogP contribution is -2.37. The number of benzene rings is 1. The highest BCUT2D eigenvalue weighted by Crippen LogP contribution is 2.38. The molecule has 3 nitrogen and oxygen atoms in total. The van der Waals surface area contributed by atoms with Crippen LogP contribution in [0.4, 0.5) is 5.69 Å². The van der Waals surface area contributed by atoms with Gasteiger partial charge in [0, 0.05) is 30.9 Å². The van der Waals surface area contributed by atoms with Crippen LogP contribution >= 0.6 is 0 Å². The van der Waals surface area contributed by atoms with E-state index in [-0.39, 0.29) is 6.10 Å². The number of likely N-dealkylation sites (tertiary alicyclic amines) is 1. The van der Waals surface area contributed by atoms with Crippen molar-refractivity contribution in [3.63, 3.8) is 0 Å². The van der Waals surface area contributed by atoms with Gasteiger partial charge in [0.1, 0.15) is 0 Å². The minimum Gasteiger partial charge on any atom is -0.393 e. The van der Waals surface area contributed by atoms with E-state index in [0.29, 0.717) is 12.1 Å². The van der Waals surface area contributed by atoms with Gasteiger partial charge in [0.15, 0.2) is 0 Å². The molecular formula is C18H28N2O. The van der Waals surface area contributed by atoms with Crippen LogP contribution in [0.15, 0.2) is 24.3 Å². The fourth-order valence-corrected chi connectivity index (χ4v) is 3.91. The van der Waals surface area contributed by atoms with E-state index in [9.17, 15) is 5.11 Å². The Kier molecular flexibility index (Phi) is 4.51. The number of aliphatic hydroxyl groups excluding tert-OH is 1. The molecule has 2 aliphatic heterocycles. The van der Waals surface area contributed by atoms with Gasteiger partial charge in [-0.2, -0.15) is 0 Å². The molecule has 2 saturated heterocycles. The minimum absolute atomic E-state index is 0.105. The van der Waals surface area contributed by atoms with Crippen molar-refractivity contribution >= 4 is 5.69 Å². The first-order valence-electron chi connectivity index (χ1n) is 8.44. The number of piperidine rings is 1. The Balaban J connectivity index is 1.85. The molecule has 2 aliphatic rings. The summed E-state index contributed by atoms with van der Waals surface area (Å²) >= 11 is 0. The maximum absolute atomic E-state index is 9.73. The Hall–Kier alpha value is -1.06. The molecule has 3 rings (SSSR count). The van der Waals surface area contributed by atoms with Crippen LogP contribution < -0.4 is 4.90 Å². The summed E-state index contributed by atoms with van der Waals surface area (Å²) in [6.07, 6.45) is 4.26. The van der Waals surface area contributed by atoms with Crippen LogP contribution in [0.2, 0.25) is 0 Å². The first-order chi connectivity index (χ1) is 10.2. The lowest BCUT2D eigenvalue weighted by Gasteiger charge is -2.36. The minimum atomic E-state index is -0.105. The average molecular weight is 288 g/mol. The lowest BCUT2D eigenvalue weighted by atomic mass is 9.99. The zero-order chi connectivity index (χ0) is 14.8. The second kappa shape index (κ2) is 6.37. The van der Waals surface area contributed by atoms with E-state index >= 15 is 0 Å². The molecule has 2 heterocycles. The summed E-state index contributed by atoms with van der Waals surface area (Å²) in [5.74, 6) is 0. The molecule has 1 unspecified atom stereocenters. The van der Waals surface area contributed by atoms with Gasteiger partial charge >= 0.3 is 0 Å². The van der Waals surface area contributed by atoms with E-state index in [2.05, 4.69) is 47.9 Å². The fraction of sp³-hybridized carbons (Fsp3) is 0.667. The van der Waals surface area contributed by atoms with E-state index in [1.165, 1.54) is 30.6 Å². The summed E-state index contributed by atoms with van der Waals surface area (Å²) in [6, 6.07) is 10.1. The zero-order valence-corrected chi connectivity index (χ0v) is 13.3. The number of hydrogen-bond acceptors (Lipinski definition) is 3. The highest BCUT2D eigenvalue weighted by atomic mass is 16.3. The maximum atomic E-state index is 9.73. The molecule has 0 saturated carbocycles. The van der Waals surface area contributed by atoms with E-state index in [1.807, 2.05) is 0 Å². The largest absolute Gasteiger partial charge is 0.393 e. The van der Waals surface area contributed by atoms with E-state index in [4.69, 9.17) is 0 Å². The van der Waals surface area contributed by atoms with Gasteiger partial charge in [-0.25, -0.2) is 0 Å². The first kappa shape index (κ1) is 14.9. The van der Waals surface area contributed by atoms with Crippen LogP contribution in [0.3, 0.4) is 0 Å². The van der Waals surface area contributed by atoms with Crippen LogP contribution in [-0.4, -0.2) is 41.8 Å². The van der Waals surface area contributed by atoms with Crippen LogP contribution in [-0.2, 0) is 0 Å². The summed E-state index contributed by atoms with van der Waals surface area (Å²) in [6.45, 7) is 7.78. The van der Waals surface area contributed by atoms with Crippen LogP contribution in [0.5, 0.6) is 0 Å². The molecule has 116 valence electrons. The fourth-order valence-electron chi connectivity index (χ4n) is 3.91. The number of para-hydroxylation sites is 1. The standard InChI is InChI=1S/C18H28N2O/c1-14(2)20-11-5-8-18(20)16-6-3-4-7-17(16)19-12-9-15(21)10-13-19/h3-4,6-7,14-15,18,21H,5,8-13H2,1-2H3. The van der Waals surface area contributed by atoms with Gasteiger partial charge in [-0.1, -0.05) is 18.2 Å². The smallest absolute Gasteiger partial charge is 0.0574 e. The molecule has 0 aromatic heterocycles. The van der Waals surface area contributed by atoms with Gasteiger partial charge in [-0.15, -0.1) is 0 Å². The van der Waals surface area contributed by atoms with Crippen LogP contribution in [0.25, 0.3) is 0 Å². The summed E-state index contributed by atoms with van der Waals surface area (Å²) in [5, 5.41) is 9.73. The summed E-state index contributed by atoms with van der Waals surface area (Å²) < 4.78 is 0. The Labute approximate surface area is 128 Å². The second-order valence-corrected chi connectivity index (χ2v) is 6.77. The van der Waals surface area contributed by atoms with E-state index < -0.39 is 0 Å². The number of anilines is 1. The SMILES string of the molecule is CC(C)N1CCCC1c1ccccc1N1CCC(O)CC1. The van der Waals surface area contributed by atoms with Crippen molar-refractivity contribution in [2.24, 2.45) is 0 Å². The molecular weight excluding hydrogens is 260 g/mol. The third-order valence-corrected chi connectivity index (χ3v) is 5.06. The summed E-state index contributed by atoms with van der Waals surface area (Å²) in [4.78, 5) is 5.11. The predicted molar refractivity (Wildman–Crippen MR) is 87.7 cm³/mol. The molecule has 2 fully saturated rings. The topological polar surface area (TPSA) is 26.7 Å². The molecule has 0 aliphatic carbocycles. The monoisotopic (exact) mass is 288 g/mol. The zero-order valence-electron chi connectivity index (χ0n) is 13.3. The van der Waals surface area contributed by atoms with Gasteiger partial charge in [-0.05, 0) is 57.7 Å². The molecule has 1 aromatic rings. The van der Waals surface area contributed by atoms with E-state index in [1.54, 1.807) is 0 Å². The molecule has 3 heteroatoms. The predicted octanol–water partition coefficient (Wildman–Crippen LogP) is 3.19. The number of hydrogen-bond donors (Lipinski definition) is 1. The van der Waals surface area contributed by atoms with Crippen molar-refractivity contribution in [3.8, 4) is 0 Å². The van der Waals surface area contributed by atoms with E-state index in [0.717, 1.165) is 25.9 Å². The molecule has 0 spiro atoms. The van der Waals surface area contributed by atoms with Gasteiger partial charge in [0.25, 0.3) is 0 Å². The molecule has 21 heavy (non-hydrogen) atoms. The van der Waals surface area contributed by atoms with Crippen molar-refractivity contribution in [2.45, 2.75) is 57.7 Å². The maximum Gasteiger partial charge on any atom is 0.0574 e. The quantitative estimate of drug-likeness (QED) is 0.925. The molecule has 0 radical (unpaired) electrons. The highest BCUT2D eigenvalue weighted by molar-refractivity contribution is 5.55. The van der Waals surface area contributed by atoms with Crippen molar-refractivity contribution in [3.05, 3.63) is 29.8 Å². The molecule has 1 aromatic carbocycles. The molecule has 0 bridgehead atoms. The van der Waals surface area contributed by atoms with Crippen molar-refractivity contribution in [1.29, 1.82) is 0 Å². The normalized spacial score (nSPS) is 25.0. The number of nitrogens with zero attached hydrogens (tertiary/aromatic N) is 2. The lowest BCUT2D eigenvalue weighted by molar-refractivity contribution is 0.145. The molecule has 1 N–H and O–H groups in total. The second-order valence-electron chi connectivity index (χ2n) is 6.77. The number of aliphatic hydroxyl groups is 1. The Bertz CT molecular complexity index is 466. The van der Waals surface area contributed by atoms with Gasteiger partial charge < -0.3 is 10.0 Å². The van der Waals surface area contributed by atoms with Gasteiger partial charge in [-0.3, -0.25) is 4.90 Å². The summed E-state index contributed by atoms with van der Waals surface area (Å²) in [7, 11) is 0. The van der Waals surface area contributed by atoms with Gasteiger partial charge in [0.2, 0.25) is 0 Å². The Morgan fingerprint density at radius 3 is 2.48 bits per heavy atom. The van der Waals surface area contributed by atoms with Gasteiger partial charge in [0.05, 0.1) is 6.10 Å². The summed E-state index contributed by atoms with van der Waals surface area (Å²) in [5.41, 5.74) is 2.88. The third kappa shape index (κ3) is 3.09. The average Bonchev–Trinajstić information content (AvgIpc) is 2.98. The van der Waals surface area contributed by atoms with Crippen molar-refractivity contribution in [2.75, 3.05) is 24.5 Å². The highest BCUT2D eigenvalue weighted by Gasteiger charge is 2.30. The third-order valence-electron chi connectivity index (χ3n) is 5.06. The Morgan fingerprint density at radius 2 is 1.76 bits per heavy atom. The van der Waals surface area contributed by atoms with Crippen LogP contribution in [0.1, 0.15) is 51.1 Å².